The van der Waals surface area contributed by atoms with Crippen LogP contribution in [0.3, 0.4) is 0 Å². The number of anilines is 3. The fraction of sp³-hybridized carbons (Fsp3) is 0.524. The van der Waals surface area contributed by atoms with E-state index < -0.39 is 6.10 Å². The summed E-state index contributed by atoms with van der Waals surface area (Å²) >= 11 is 0. The van der Waals surface area contributed by atoms with Gasteiger partial charge in [-0.05, 0) is 51.1 Å². The van der Waals surface area contributed by atoms with Gasteiger partial charge in [0.15, 0.2) is 0 Å². The number of benzene rings is 1. The average molecular weight is 402 g/mol. The second-order valence-corrected chi connectivity index (χ2v) is 7.30. The number of aryl methyl sites for hydroxylation is 1. The number of hydrogen-bond acceptors (Lipinski definition) is 8. The summed E-state index contributed by atoms with van der Waals surface area (Å²) in [5.41, 5.74) is 2.61. The summed E-state index contributed by atoms with van der Waals surface area (Å²) in [4.78, 5) is 11.1. The van der Waals surface area contributed by atoms with E-state index in [9.17, 15) is 5.11 Å². The molecular weight excluding hydrogens is 370 g/mol. The number of nitrogens with zero attached hydrogens (tertiary/aromatic N) is 3. The predicted molar refractivity (Wildman–Crippen MR) is 114 cm³/mol. The van der Waals surface area contributed by atoms with Crippen molar-refractivity contribution < 1.29 is 14.6 Å². The van der Waals surface area contributed by atoms with Gasteiger partial charge in [0.05, 0.1) is 26.4 Å². The smallest absolute Gasteiger partial charge is 0.229 e. The van der Waals surface area contributed by atoms with Crippen LogP contribution in [0.4, 0.5) is 17.5 Å². The lowest BCUT2D eigenvalue weighted by Gasteiger charge is -2.19. The Labute approximate surface area is 172 Å². The van der Waals surface area contributed by atoms with Gasteiger partial charge in [-0.1, -0.05) is 0 Å². The van der Waals surface area contributed by atoms with Crippen LogP contribution in [0, 0.1) is 6.92 Å². The zero-order chi connectivity index (χ0) is 20.6. The first-order chi connectivity index (χ1) is 14.1. The number of likely N-dealkylation sites (tertiary alicyclic amines) is 1. The van der Waals surface area contributed by atoms with Gasteiger partial charge in [-0.15, -0.1) is 0 Å². The average Bonchev–Trinajstić information content (AvgIpc) is 3.20. The maximum atomic E-state index is 10.2. The summed E-state index contributed by atoms with van der Waals surface area (Å²) in [5, 5.41) is 16.5. The van der Waals surface area contributed by atoms with Crippen LogP contribution in [0.25, 0.3) is 0 Å². The number of rotatable bonds is 10. The van der Waals surface area contributed by atoms with Gasteiger partial charge >= 0.3 is 0 Å². The minimum atomic E-state index is -0.485. The molecule has 1 atom stereocenters. The lowest BCUT2D eigenvalue weighted by molar-refractivity contribution is 0.0129. The van der Waals surface area contributed by atoms with E-state index in [1.54, 1.807) is 7.11 Å². The molecule has 0 aliphatic carbocycles. The molecule has 3 rings (SSSR count). The van der Waals surface area contributed by atoms with Crippen LogP contribution in [0.1, 0.15) is 24.1 Å². The van der Waals surface area contributed by atoms with Crippen LogP contribution in [-0.2, 0) is 11.3 Å². The number of hydrogen-bond donors (Lipinski definition) is 3. The second-order valence-electron chi connectivity index (χ2n) is 7.30. The summed E-state index contributed by atoms with van der Waals surface area (Å²) in [7, 11) is 3.46. The van der Waals surface area contributed by atoms with E-state index in [4.69, 9.17) is 9.47 Å². The molecule has 1 aromatic carbocycles. The van der Waals surface area contributed by atoms with Gasteiger partial charge in [-0.2, -0.15) is 4.98 Å². The molecule has 0 bridgehead atoms. The molecule has 2 aromatic rings. The number of methoxy groups -OCH3 is 1. The number of ether oxygens (including phenoxy) is 2. The van der Waals surface area contributed by atoms with Crippen molar-refractivity contribution in [2.45, 2.75) is 32.5 Å². The molecular formula is C21H31N5O3. The van der Waals surface area contributed by atoms with Gasteiger partial charge in [-0.25, -0.2) is 4.98 Å². The van der Waals surface area contributed by atoms with Crippen LogP contribution in [0.5, 0.6) is 5.75 Å². The van der Waals surface area contributed by atoms with Gasteiger partial charge in [-0.3, -0.25) is 0 Å². The number of aliphatic hydroxyl groups is 1. The van der Waals surface area contributed by atoms with Gasteiger partial charge < -0.3 is 30.1 Å². The van der Waals surface area contributed by atoms with E-state index in [2.05, 4.69) is 25.5 Å². The molecule has 1 aliphatic heterocycles. The highest BCUT2D eigenvalue weighted by Crippen LogP contribution is 2.25. The molecule has 1 saturated heterocycles. The van der Waals surface area contributed by atoms with Gasteiger partial charge in [0.1, 0.15) is 11.6 Å². The molecule has 8 heteroatoms. The number of β-amino-alcohol motifs (C(OH)–C–C–N with tert-alkyl or cyclic N) is 1. The lowest BCUT2D eigenvalue weighted by atomic mass is 10.2. The van der Waals surface area contributed by atoms with Gasteiger partial charge in [0, 0.05) is 36.6 Å². The summed E-state index contributed by atoms with van der Waals surface area (Å²) in [6.45, 7) is 5.37. The van der Waals surface area contributed by atoms with E-state index in [1.807, 2.05) is 38.2 Å². The summed E-state index contributed by atoms with van der Waals surface area (Å²) in [6.07, 6.45) is 1.94. The van der Waals surface area contributed by atoms with Crippen LogP contribution in [0.2, 0.25) is 0 Å². The van der Waals surface area contributed by atoms with E-state index in [-0.39, 0.29) is 0 Å². The Hall–Kier alpha value is -2.42. The van der Waals surface area contributed by atoms with Crippen LogP contribution < -0.4 is 15.4 Å². The third kappa shape index (κ3) is 6.28. The van der Waals surface area contributed by atoms with E-state index in [0.29, 0.717) is 25.7 Å². The van der Waals surface area contributed by atoms with Crippen molar-refractivity contribution in [2.24, 2.45) is 0 Å². The molecule has 0 spiro atoms. The molecule has 8 nitrogen and oxygen atoms in total. The van der Waals surface area contributed by atoms with Crippen LogP contribution in [-0.4, -0.2) is 66.5 Å². The molecule has 2 heterocycles. The molecule has 0 saturated carbocycles. The molecule has 1 aromatic heterocycles. The molecule has 0 unspecified atom stereocenters. The number of aliphatic hydroxyl groups excluding tert-OH is 1. The first kappa shape index (κ1) is 21.3. The quantitative estimate of drug-likeness (QED) is 0.559. The Kier molecular flexibility index (Phi) is 7.62. The SMILES string of the molecule is CNc1cc(C)nc(Nc2ccc(OC)c(COC[C@H](O)CN3CCCC3)c2)n1. The molecule has 158 valence electrons. The molecule has 3 N–H and O–H groups in total. The maximum Gasteiger partial charge on any atom is 0.229 e. The third-order valence-corrected chi connectivity index (χ3v) is 4.88. The van der Waals surface area contributed by atoms with Crippen molar-refractivity contribution in [1.29, 1.82) is 0 Å². The molecule has 1 aliphatic rings. The predicted octanol–water partition coefficient (Wildman–Crippen LogP) is 2.55. The van der Waals surface area contributed by atoms with Crippen molar-refractivity contribution in [3.8, 4) is 5.75 Å². The van der Waals surface area contributed by atoms with Crippen LogP contribution in [0.15, 0.2) is 24.3 Å². The van der Waals surface area contributed by atoms with E-state index in [1.165, 1.54) is 12.8 Å². The van der Waals surface area contributed by atoms with E-state index >= 15 is 0 Å². The highest BCUT2D eigenvalue weighted by atomic mass is 16.5. The van der Waals surface area contributed by atoms with Gasteiger partial charge in [0.2, 0.25) is 5.95 Å². The lowest BCUT2D eigenvalue weighted by Crippen LogP contribution is -2.32. The van der Waals surface area contributed by atoms with Crippen LogP contribution >= 0.6 is 0 Å². The Balaban J connectivity index is 1.60. The first-order valence-electron chi connectivity index (χ1n) is 10.0. The summed E-state index contributed by atoms with van der Waals surface area (Å²) in [6, 6.07) is 7.63. The fourth-order valence-corrected chi connectivity index (χ4v) is 3.47. The van der Waals surface area contributed by atoms with Crippen molar-refractivity contribution in [2.75, 3.05) is 51.0 Å². The minimum Gasteiger partial charge on any atom is -0.496 e. The standard InChI is InChI=1S/C21H31N5O3/c1-15-10-20(22-2)25-21(23-15)24-17-6-7-19(28-3)16(11-17)13-29-14-18(27)12-26-8-4-5-9-26/h6-7,10-11,18,27H,4-5,8-9,12-14H2,1-3H3,(H2,22,23,24,25)/t18-/m1/s1. The number of nitrogens with one attached hydrogen (secondary N) is 2. The fourth-order valence-electron chi connectivity index (χ4n) is 3.47. The molecule has 29 heavy (non-hydrogen) atoms. The molecule has 0 radical (unpaired) electrons. The van der Waals surface area contributed by atoms with Crippen molar-refractivity contribution >= 4 is 17.5 Å². The minimum absolute atomic E-state index is 0.295. The Bertz CT molecular complexity index is 796. The first-order valence-corrected chi connectivity index (χ1v) is 10.0. The topological polar surface area (TPSA) is 91.8 Å². The van der Waals surface area contributed by atoms with Crippen molar-refractivity contribution in [3.63, 3.8) is 0 Å². The van der Waals surface area contributed by atoms with Crippen molar-refractivity contribution in [1.82, 2.24) is 14.9 Å². The third-order valence-electron chi connectivity index (χ3n) is 4.88. The zero-order valence-corrected chi connectivity index (χ0v) is 17.4. The van der Waals surface area contributed by atoms with E-state index in [0.717, 1.165) is 41.6 Å². The number of aromatic nitrogens is 2. The summed E-state index contributed by atoms with van der Waals surface area (Å²) < 4.78 is 11.2. The Morgan fingerprint density at radius 3 is 2.72 bits per heavy atom. The molecule has 0 amide bonds. The largest absolute Gasteiger partial charge is 0.496 e. The normalized spacial score (nSPS) is 15.3. The highest BCUT2D eigenvalue weighted by molar-refractivity contribution is 5.58. The molecule has 1 fully saturated rings. The summed E-state index contributed by atoms with van der Waals surface area (Å²) in [5.74, 6) is 2.02. The zero-order valence-electron chi connectivity index (χ0n) is 17.4. The maximum absolute atomic E-state index is 10.2. The van der Waals surface area contributed by atoms with Crippen molar-refractivity contribution in [3.05, 3.63) is 35.5 Å². The highest BCUT2D eigenvalue weighted by Gasteiger charge is 2.16. The second kappa shape index (κ2) is 10.4. The Morgan fingerprint density at radius 1 is 1.21 bits per heavy atom. The monoisotopic (exact) mass is 401 g/mol. The Morgan fingerprint density at radius 2 is 2.00 bits per heavy atom. The van der Waals surface area contributed by atoms with Gasteiger partial charge in [0.25, 0.3) is 0 Å².